The maximum Gasteiger partial charge on any atom is 0.407 e. The SMILES string of the molecule is COC1(c2noc(-c3cncc([C@@](O)(c4ccc(C5CC5)cc4)C4(C)CN(C(=O)O)C4)c3)n2)CCOCC1. The number of ether oxygens (including phenoxy) is 2. The van der Waals surface area contributed by atoms with E-state index in [0.29, 0.717) is 54.5 Å². The molecular weight excluding hydrogens is 488 g/mol. The van der Waals surface area contributed by atoms with Gasteiger partial charge in [0.15, 0.2) is 0 Å². The summed E-state index contributed by atoms with van der Waals surface area (Å²) in [5, 5.41) is 26.2. The fraction of sp³-hybridized carbons (Fsp3) is 0.500. The molecule has 2 aliphatic heterocycles. The maximum atomic E-state index is 12.5. The minimum atomic E-state index is -1.50. The first-order chi connectivity index (χ1) is 18.3. The summed E-state index contributed by atoms with van der Waals surface area (Å²) in [5.74, 6) is 1.31. The first kappa shape index (κ1) is 25.0. The zero-order valence-corrected chi connectivity index (χ0v) is 21.6. The molecule has 4 heterocycles. The van der Waals surface area contributed by atoms with Crippen LogP contribution in [-0.2, 0) is 20.7 Å². The predicted octanol–water partition coefficient (Wildman–Crippen LogP) is 3.90. The van der Waals surface area contributed by atoms with Crippen molar-refractivity contribution in [3.63, 3.8) is 0 Å². The second-order valence-corrected chi connectivity index (χ2v) is 11.0. The molecule has 0 spiro atoms. The number of methoxy groups -OCH3 is 1. The third-order valence-electron chi connectivity index (χ3n) is 8.53. The number of carboxylic acid groups (broad SMARTS) is 1. The van der Waals surface area contributed by atoms with E-state index in [4.69, 9.17) is 14.0 Å². The van der Waals surface area contributed by atoms with Gasteiger partial charge in [-0.1, -0.05) is 36.3 Å². The lowest BCUT2D eigenvalue weighted by Gasteiger charge is -2.55. The smallest absolute Gasteiger partial charge is 0.407 e. The van der Waals surface area contributed by atoms with Crippen LogP contribution in [0.4, 0.5) is 4.79 Å². The molecule has 1 saturated carbocycles. The number of hydrogen-bond donors (Lipinski definition) is 2. The molecule has 0 unspecified atom stereocenters. The van der Waals surface area contributed by atoms with Crippen LogP contribution in [0.3, 0.4) is 0 Å². The topological polar surface area (TPSA) is 131 Å². The Morgan fingerprint density at radius 1 is 1.13 bits per heavy atom. The molecule has 1 atom stereocenters. The number of amides is 1. The quantitative estimate of drug-likeness (QED) is 0.476. The third kappa shape index (κ3) is 3.98. The van der Waals surface area contributed by atoms with Gasteiger partial charge in [-0.15, -0.1) is 0 Å². The first-order valence-electron chi connectivity index (χ1n) is 13.0. The number of nitrogens with zero attached hydrogens (tertiary/aromatic N) is 4. The Morgan fingerprint density at radius 2 is 1.84 bits per heavy atom. The summed E-state index contributed by atoms with van der Waals surface area (Å²) in [6, 6.07) is 9.83. The molecule has 3 aliphatic rings. The van der Waals surface area contributed by atoms with Crippen LogP contribution in [0.15, 0.2) is 47.2 Å². The van der Waals surface area contributed by atoms with Crippen molar-refractivity contribution in [2.24, 2.45) is 5.41 Å². The molecule has 0 radical (unpaired) electrons. The minimum Gasteiger partial charge on any atom is -0.465 e. The highest BCUT2D eigenvalue weighted by Crippen LogP contribution is 2.51. The molecule has 2 saturated heterocycles. The lowest BCUT2D eigenvalue weighted by Crippen LogP contribution is -2.66. The van der Waals surface area contributed by atoms with Gasteiger partial charge in [0.05, 0.1) is 5.56 Å². The summed E-state index contributed by atoms with van der Waals surface area (Å²) < 4.78 is 16.9. The van der Waals surface area contributed by atoms with Gasteiger partial charge in [0.1, 0.15) is 11.2 Å². The lowest BCUT2D eigenvalue weighted by molar-refractivity contribution is -0.124. The van der Waals surface area contributed by atoms with Crippen LogP contribution in [0.5, 0.6) is 0 Å². The van der Waals surface area contributed by atoms with E-state index in [-0.39, 0.29) is 19.0 Å². The van der Waals surface area contributed by atoms with Crippen LogP contribution in [0.25, 0.3) is 11.5 Å². The Kier molecular flexibility index (Phi) is 6.01. The molecule has 2 N–H and O–H groups in total. The largest absolute Gasteiger partial charge is 0.465 e. The monoisotopic (exact) mass is 520 g/mol. The second kappa shape index (κ2) is 9.14. The highest BCUT2D eigenvalue weighted by Gasteiger charge is 2.57. The van der Waals surface area contributed by atoms with Gasteiger partial charge in [-0.2, -0.15) is 4.98 Å². The molecule has 10 nitrogen and oxygen atoms in total. The zero-order chi connectivity index (χ0) is 26.5. The average molecular weight is 521 g/mol. The maximum absolute atomic E-state index is 12.5. The molecule has 38 heavy (non-hydrogen) atoms. The van der Waals surface area contributed by atoms with Crippen molar-refractivity contribution in [1.29, 1.82) is 0 Å². The normalized spacial score (nSPS) is 21.9. The molecule has 0 bridgehead atoms. The predicted molar refractivity (Wildman–Crippen MR) is 135 cm³/mol. The van der Waals surface area contributed by atoms with Crippen LogP contribution in [-0.4, -0.2) is 69.7 Å². The van der Waals surface area contributed by atoms with Crippen LogP contribution in [0.1, 0.15) is 61.0 Å². The van der Waals surface area contributed by atoms with Gasteiger partial charge in [-0.25, -0.2) is 4.79 Å². The number of likely N-dealkylation sites (tertiary alicyclic amines) is 1. The molecule has 3 aromatic rings. The molecule has 1 amide bonds. The highest BCUT2D eigenvalue weighted by molar-refractivity contribution is 5.67. The average Bonchev–Trinajstić information content (AvgIpc) is 3.66. The van der Waals surface area contributed by atoms with E-state index in [1.165, 1.54) is 23.3 Å². The van der Waals surface area contributed by atoms with E-state index < -0.39 is 22.7 Å². The Balaban J connectivity index is 1.38. The fourth-order valence-electron chi connectivity index (χ4n) is 5.94. The van der Waals surface area contributed by atoms with Crippen LogP contribution < -0.4 is 0 Å². The van der Waals surface area contributed by atoms with E-state index in [0.717, 1.165) is 0 Å². The molecular formula is C28H32N4O6. The highest BCUT2D eigenvalue weighted by atomic mass is 16.5. The van der Waals surface area contributed by atoms with Gasteiger partial charge in [0.25, 0.3) is 5.89 Å². The number of pyridine rings is 1. The number of benzene rings is 1. The molecule has 1 aromatic carbocycles. The number of hydrogen-bond acceptors (Lipinski definition) is 8. The molecule has 6 rings (SSSR count). The van der Waals surface area contributed by atoms with Crippen molar-refractivity contribution in [3.8, 4) is 11.5 Å². The third-order valence-corrected chi connectivity index (χ3v) is 8.53. The van der Waals surface area contributed by atoms with Gasteiger partial charge >= 0.3 is 6.09 Å². The van der Waals surface area contributed by atoms with Crippen LogP contribution in [0, 0.1) is 5.41 Å². The summed E-state index contributed by atoms with van der Waals surface area (Å²) in [4.78, 5) is 22.0. The molecule has 200 valence electrons. The number of aromatic nitrogens is 3. The Morgan fingerprint density at radius 3 is 2.47 bits per heavy atom. The standard InChI is InChI=1S/C28H32N4O6/c1-26(16-32(17-26)25(33)34)28(35,21-7-5-19(6-8-21)18-3-4-18)22-13-20(14-29-15-22)23-30-24(31-38-23)27(36-2)9-11-37-12-10-27/h5-8,13-15,18,35H,3-4,9-12,16-17H2,1-2H3,(H,33,34)/t28-/m0/s1. The van der Waals surface area contributed by atoms with Gasteiger partial charge in [0.2, 0.25) is 5.82 Å². The fourth-order valence-corrected chi connectivity index (χ4v) is 5.94. The van der Waals surface area contributed by atoms with Gasteiger partial charge in [0, 0.05) is 69.6 Å². The van der Waals surface area contributed by atoms with E-state index in [1.54, 1.807) is 25.6 Å². The van der Waals surface area contributed by atoms with Crippen molar-refractivity contribution in [1.82, 2.24) is 20.0 Å². The summed E-state index contributed by atoms with van der Waals surface area (Å²) in [5.41, 5.74) is 0.109. The van der Waals surface area contributed by atoms with E-state index in [1.807, 2.05) is 19.1 Å². The van der Waals surface area contributed by atoms with Crippen molar-refractivity contribution < 1.29 is 29.0 Å². The van der Waals surface area contributed by atoms with Gasteiger partial charge in [-0.3, -0.25) is 4.98 Å². The summed E-state index contributed by atoms with van der Waals surface area (Å²) in [6.45, 7) is 3.39. The van der Waals surface area contributed by atoms with E-state index in [2.05, 4.69) is 27.3 Å². The number of carbonyl (C=O) groups is 1. The van der Waals surface area contributed by atoms with E-state index in [9.17, 15) is 15.0 Å². The number of rotatable bonds is 7. The second-order valence-electron chi connectivity index (χ2n) is 11.0. The summed E-state index contributed by atoms with van der Waals surface area (Å²) >= 11 is 0. The van der Waals surface area contributed by atoms with Crippen molar-refractivity contribution in [2.75, 3.05) is 33.4 Å². The lowest BCUT2D eigenvalue weighted by atomic mass is 9.62. The van der Waals surface area contributed by atoms with Crippen molar-refractivity contribution >= 4 is 6.09 Å². The number of aliphatic hydroxyl groups is 1. The molecule has 2 aromatic heterocycles. The van der Waals surface area contributed by atoms with Crippen LogP contribution in [0.2, 0.25) is 0 Å². The Labute approximate surface area is 220 Å². The zero-order valence-electron chi connectivity index (χ0n) is 21.6. The molecule has 10 heteroatoms. The molecule has 3 fully saturated rings. The summed E-state index contributed by atoms with van der Waals surface area (Å²) in [6.07, 6.45) is 5.85. The Bertz CT molecular complexity index is 1330. The van der Waals surface area contributed by atoms with Crippen molar-refractivity contribution in [3.05, 3.63) is 65.2 Å². The minimum absolute atomic E-state index is 0.191. The van der Waals surface area contributed by atoms with Gasteiger partial charge in [-0.05, 0) is 36.0 Å². The molecule has 1 aliphatic carbocycles. The van der Waals surface area contributed by atoms with Crippen molar-refractivity contribution in [2.45, 2.75) is 49.7 Å². The first-order valence-corrected chi connectivity index (χ1v) is 13.0. The van der Waals surface area contributed by atoms with Crippen LogP contribution >= 0.6 is 0 Å². The Hall–Kier alpha value is -3.34. The van der Waals surface area contributed by atoms with E-state index >= 15 is 0 Å². The summed E-state index contributed by atoms with van der Waals surface area (Å²) in [7, 11) is 1.64. The van der Waals surface area contributed by atoms with Gasteiger partial charge < -0.3 is 29.1 Å².